The Kier molecular flexibility index (Phi) is 5.74. The molecule has 2 aliphatic heterocycles. The normalized spacial score (nSPS) is 19.0. The Labute approximate surface area is 168 Å². The molecular weight excluding hydrogens is 373 g/mol. The van der Waals surface area contributed by atoms with Gasteiger partial charge in [-0.05, 0) is 42.3 Å². The van der Waals surface area contributed by atoms with Crippen molar-refractivity contribution in [1.82, 2.24) is 10.6 Å². The zero-order valence-corrected chi connectivity index (χ0v) is 15.9. The average molecular weight is 395 g/mol. The van der Waals surface area contributed by atoms with E-state index >= 15 is 0 Å². The molecule has 2 aliphatic rings. The summed E-state index contributed by atoms with van der Waals surface area (Å²) in [5.74, 6) is 0.130. The summed E-state index contributed by atoms with van der Waals surface area (Å²) in [5, 5.41) is 15.4. The van der Waals surface area contributed by atoms with Crippen LogP contribution in [0.1, 0.15) is 17.5 Å². The van der Waals surface area contributed by atoms with Crippen molar-refractivity contribution in [2.75, 3.05) is 19.7 Å². The quantitative estimate of drug-likeness (QED) is 0.830. The summed E-state index contributed by atoms with van der Waals surface area (Å²) in [6.07, 6.45) is 0.628. The lowest BCUT2D eigenvalue weighted by Gasteiger charge is -2.22. The van der Waals surface area contributed by atoms with Gasteiger partial charge in [0.05, 0.1) is 6.07 Å². The van der Waals surface area contributed by atoms with Gasteiger partial charge in [-0.15, -0.1) is 0 Å². The summed E-state index contributed by atoms with van der Waals surface area (Å²) in [5.41, 5.74) is 3.53. The molecule has 4 rings (SSSR count). The monoisotopic (exact) mass is 395 g/mol. The van der Waals surface area contributed by atoms with Crippen LogP contribution >= 0.6 is 0 Å². The fraction of sp³-hybridized carbons (Fsp3) is 0.364. The van der Waals surface area contributed by atoms with Crippen molar-refractivity contribution in [3.8, 4) is 22.9 Å². The Bertz CT molecular complexity index is 949. The van der Waals surface area contributed by atoms with Gasteiger partial charge < -0.3 is 20.1 Å². The van der Waals surface area contributed by atoms with Gasteiger partial charge in [0.15, 0.2) is 0 Å². The number of carbonyl (C=O) groups is 1. The Hall–Kier alpha value is -2.95. The van der Waals surface area contributed by atoms with Crippen LogP contribution in [0.5, 0.6) is 5.75 Å². The minimum Gasteiger partial charge on any atom is -0.488 e. The fourth-order valence-corrected chi connectivity index (χ4v) is 3.65. The van der Waals surface area contributed by atoms with Crippen molar-refractivity contribution in [2.24, 2.45) is 0 Å². The largest absolute Gasteiger partial charge is 0.488 e. The van der Waals surface area contributed by atoms with Crippen LogP contribution in [0.2, 0.25) is 0 Å². The number of nitrogens with zero attached hydrogens (tertiary/aromatic N) is 1. The Balaban J connectivity index is 1.46. The van der Waals surface area contributed by atoms with Gasteiger partial charge in [-0.2, -0.15) is 5.26 Å². The molecule has 0 aliphatic carbocycles. The number of rotatable bonds is 4. The predicted molar refractivity (Wildman–Crippen MR) is 105 cm³/mol. The highest BCUT2D eigenvalue weighted by Gasteiger charge is 2.24. The molecule has 0 bridgehead atoms. The maximum atomic E-state index is 13.4. The number of nitrogens with one attached hydrogen (secondary N) is 2. The maximum Gasteiger partial charge on any atom is 0.251 e. The summed E-state index contributed by atoms with van der Waals surface area (Å²) >= 11 is 0. The number of hydrogen-bond acceptors (Lipinski definition) is 5. The lowest BCUT2D eigenvalue weighted by molar-refractivity contribution is -0.132. The summed E-state index contributed by atoms with van der Waals surface area (Å²) in [4.78, 5) is 12.4. The van der Waals surface area contributed by atoms with E-state index in [1.807, 2.05) is 18.2 Å². The van der Waals surface area contributed by atoms with Gasteiger partial charge in [0.2, 0.25) is 0 Å². The lowest BCUT2D eigenvalue weighted by Crippen LogP contribution is -2.46. The van der Waals surface area contributed by atoms with E-state index in [1.165, 1.54) is 12.1 Å². The van der Waals surface area contributed by atoms with Crippen molar-refractivity contribution >= 4 is 5.91 Å². The predicted octanol–water partition coefficient (Wildman–Crippen LogP) is 2.31. The number of amides is 1. The molecule has 1 saturated heterocycles. The number of carbonyl (C=O) groups excluding carboxylic acids is 1. The number of fused-ring (bicyclic) bond motifs is 3. The third-order valence-electron chi connectivity index (χ3n) is 5.14. The average Bonchev–Trinajstić information content (AvgIpc) is 3.02. The number of nitriles is 1. The molecule has 0 saturated carbocycles. The minimum atomic E-state index is -0.669. The molecule has 1 fully saturated rings. The van der Waals surface area contributed by atoms with Crippen LogP contribution in [0.25, 0.3) is 11.1 Å². The van der Waals surface area contributed by atoms with Gasteiger partial charge in [-0.25, -0.2) is 4.39 Å². The van der Waals surface area contributed by atoms with Crippen LogP contribution < -0.4 is 15.4 Å². The van der Waals surface area contributed by atoms with Gasteiger partial charge >= 0.3 is 0 Å². The van der Waals surface area contributed by atoms with Crippen molar-refractivity contribution in [2.45, 2.75) is 31.6 Å². The Morgan fingerprint density at radius 2 is 2.17 bits per heavy atom. The van der Waals surface area contributed by atoms with E-state index in [2.05, 4.69) is 16.7 Å². The highest BCUT2D eigenvalue weighted by atomic mass is 19.1. The second-order valence-corrected chi connectivity index (χ2v) is 7.23. The molecule has 7 heteroatoms. The number of ether oxygens (including phenoxy) is 2. The van der Waals surface area contributed by atoms with Crippen molar-refractivity contribution in [1.29, 1.82) is 5.26 Å². The van der Waals surface area contributed by atoms with E-state index in [0.29, 0.717) is 31.9 Å². The topological polar surface area (TPSA) is 83.4 Å². The summed E-state index contributed by atoms with van der Waals surface area (Å²) in [6.45, 7) is 2.08. The Morgan fingerprint density at radius 1 is 1.31 bits per heavy atom. The van der Waals surface area contributed by atoms with E-state index < -0.39 is 12.1 Å². The van der Waals surface area contributed by atoms with Crippen LogP contribution in [0, 0.1) is 17.1 Å². The molecule has 2 N–H and O–H groups in total. The first-order valence-electron chi connectivity index (χ1n) is 9.71. The van der Waals surface area contributed by atoms with Gasteiger partial charge in [-0.3, -0.25) is 4.79 Å². The Morgan fingerprint density at radius 3 is 3.03 bits per heavy atom. The number of benzene rings is 2. The smallest absolute Gasteiger partial charge is 0.251 e. The van der Waals surface area contributed by atoms with Crippen molar-refractivity contribution in [3.05, 3.63) is 53.3 Å². The maximum absolute atomic E-state index is 13.4. The minimum absolute atomic E-state index is 0.281. The molecule has 2 heterocycles. The first-order chi connectivity index (χ1) is 14.1. The zero-order valence-electron chi connectivity index (χ0n) is 15.9. The summed E-state index contributed by atoms with van der Waals surface area (Å²) in [7, 11) is 0. The molecule has 0 spiro atoms. The molecule has 29 heavy (non-hydrogen) atoms. The van der Waals surface area contributed by atoms with E-state index in [0.717, 1.165) is 35.2 Å². The first kappa shape index (κ1) is 19.4. The highest BCUT2D eigenvalue weighted by molar-refractivity contribution is 5.81. The molecule has 2 aromatic carbocycles. The molecule has 2 aromatic rings. The molecule has 0 radical (unpaired) electrons. The van der Waals surface area contributed by atoms with Crippen LogP contribution in [-0.2, 0) is 22.6 Å². The molecule has 1 amide bonds. The standard InChI is InChI=1S/C22H22FN3O3/c23-16-3-5-18-15(10-16)13-29-20-9-14(2-4-19(18)20)8-17(11-24)26-22(27)21-12-25-6-1-7-28-21/h2-5,9-10,17,21,25H,1,6-8,12-13H2,(H,26,27)/t17-,21-/m0/s1. The molecule has 2 atom stereocenters. The molecular formula is C22H22FN3O3. The van der Waals surface area contributed by atoms with E-state index in [1.54, 1.807) is 6.07 Å². The van der Waals surface area contributed by atoms with Crippen LogP contribution in [-0.4, -0.2) is 37.7 Å². The first-order valence-corrected chi connectivity index (χ1v) is 9.71. The lowest BCUT2D eigenvalue weighted by atomic mass is 9.94. The SMILES string of the molecule is N#C[C@H](Cc1ccc2c(c1)OCc1cc(F)ccc1-2)NC(=O)[C@@H]1CNCCCO1. The number of hydrogen-bond donors (Lipinski definition) is 2. The van der Waals surface area contributed by atoms with Crippen LogP contribution in [0.3, 0.4) is 0 Å². The third kappa shape index (κ3) is 4.39. The summed E-state index contributed by atoms with van der Waals surface area (Å²) < 4.78 is 24.8. The molecule has 6 nitrogen and oxygen atoms in total. The van der Waals surface area contributed by atoms with Gasteiger partial charge in [0, 0.05) is 30.7 Å². The van der Waals surface area contributed by atoms with E-state index in [9.17, 15) is 14.4 Å². The second kappa shape index (κ2) is 8.60. The van der Waals surface area contributed by atoms with Gasteiger partial charge in [0.1, 0.15) is 30.3 Å². The molecule has 150 valence electrons. The van der Waals surface area contributed by atoms with Crippen LogP contribution in [0.4, 0.5) is 4.39 Å². The van der Waals surface area contributed by atoms with Gasteiger partial charge in [0.25, 0.3) is 5.91 Å². The van der Waals surface area contributed by atoms with Crippen molar-refractivity contribution in [3.63, 3.8) is 0 Å². The number of halogens is 1. The highest BCUT2D eigenvalue weighted by Crippen LogP contribution is 2.38. The third-order valence-corrected chi connectivity index (χ3v) is 5.14. The van der Waals surface area contributed by atoms with E-state index in [-0.39, 0.29) is 11.7 Å². The fourth-order valence-electron chi connectivity index (χ4n) is 3.65. The van der Waals surface area contributed by atoms with Gasteiger partial charge in [-0.1, -0.05) is 18.2 Å². The van der Waals surface area contributed by atoms with E-state index in [4.69, 9.17) is 9.47 Å². The second-order valence-electron chi connectivity index (χ2n) is 7.23. The molecule has 0 aromatic heterocycles. The summed E-state index contributed by atoms with van der Waals surface area (Å²) in [6, 6.07) is 11.8. The van der Waals surface area contributed by atoms with Crippen molar-refractivity contribution < 1.29 is 18.7 Å². The zero-order chi connectivity index (χ0) is 20.2. The molecule has 0 unspecified atom stereocenters. The van der Waals surface area contributed by atoms with Crippen LogP contribution in [0.15, 0.2) is 36.4 Å².